The minimum atomic E-state index is -2.13. The van der Waals surface area contributed by atoms with Crippen molar-refractivity contribution in [3.8, 4) is 0 Å². The van der Waals surface area contributed by atoms with Crippen LogP contribution < -0.4 is 10.4 Å². The molecule has 0 amide bonds. The van der Waals surface area contributed by atoms with Gasteiger partial charge in [0.2, 0.25) is 0 Å². The van der Waals surface area contributed by atoms with Crippen molar-refractivity contribution in [2.45, 2.75) is 26.3 Å². The van der Waals surface area contributed by atoms with Gasteiger partial charge >= 0.3 is 0 Å². The fourth-order valence-electron chi connectivity index (χ4n) is 4.59. The number of allylic oxidation sites excluding steroid dienone is 4. The van der Waals surface area contributed by atoms with E-state index in [2.05, 4.69) is 111 Å². The van der Waals surface area contributed by atoms with E-state index in [9.17, 15) is 0 Å². The van der Waals surface area contributed by atoms with Crippen molar-refractivity contribution in [1.82, 2.24) is 0 Å². The quantitative estimate of drug-likeness (QED) is 0.542. The summed E-state index contributed by atoms with van der Waals surface area (Å²) in [7, 11) is -2.13. The molecule has 0 saturated heterocycles. The van der Waals surface area contributed by atoms with Gasteiger partial charge in [-0.15, -0.1) is 0 Å². The monoisotopic (exact) mass is 366 g/mol. The van der Waals surface area contributed by atoms with Crippen molar-refractivity contribution in [3.05, 3.63) is 119 Å². The summed E-state index contributed by atoms with van der Waals surface area (Å²) in [6.45, 7) is 4.58. The van der Waals surface area contributed by atoms with E-state index in [4.69, 9.17) is 0 Å². The van der Waals surface area contributed by atoms with Crippen LogP contribution in [-0.2, 0) is 6.04 Å². The van der Waals surface area contributed by atoms with Crippen LogP contribution in [0.1, 0.15) is 25.8 Å². The first-order valence-corrected chi connectivity index (χ1v) is 11.9. The van der Waals surface area contributed by atoms with Crippen molar-refractivity contribution in [2.24, 2.45) is 0 Å². The Morgan fingerprint density at radius 2 is 1.15 bits per heavy atom. The van der Waals surface area contributed by atoms with Crippen molar-refractivity contribution >= 4 is 18.4 Å². The third-order valence-electron chi connectivity index (χ3n) is 5.75. The Bertz CT molecular complexity index is 927. The molecule has 4 rings (SSSR count). The van der Waals surface area contributed by atoms with Gasteiger partial charge in [0.15, 0.2) is 0 Å². The van der Waals surface area contributed by atoms with Crippen LogP contribution in [0.25, 0.3) is 0 Å². The normalized spacial score (nSPS) is 14.4. The Balaban J connectivity index is 1.99. The van der Waals surface area contributed by atoms with Crippen LogP contribution in [0.2, 0.25) is 0 Å². The van der Waals surface area contributed by atoms with Crippen LogP contribution in [0.5, 0.6) is 0 Å². The standard InChI is InChI=1S/C26H26Si/c1-21-18-22(2)26(19-21)27(24-14-8-4-9-15-24,25-16-10-5-11-17-25)20-23-12-6-3-7-13-23/h3-18H,19-20H2,1-2H3. The van der Waals surface area contributed by atoms with Crippen molar-refractivity contribution in [3.63, 3.8) is 0 Å². The topological polar surface area (TPSA) is 0 Å². The van der Waals surface area contributed by atoms with E-state index in [0.717, 1.165) is 12.5 Å². The van der Waals surface area contributed by atoms with E-state index in [1.165, 1.54) is 27.1 Å². The lowest BCUT2D eigenvalue weighted by molar-refractivity contribution is 1.19. The van der Waals surface area contributed by atoms with E-state index >= 15 is 0 Å². The van der Waals surface area contributed by atoms with Crippen LogP contribution in [0.15, 0.2) is 113 Å². The maximum Gasteiger partial charge on any atom is 0.149 e. The molecule has 0 bridgehead atoms. The Kier molecular flexibility index (Phi) is 4.96. The lowest BCUT2D eigenvalue weighted by Crippen LogP contribution is -2.62. The van der Waals surface area contributed by atoms with Gasteiger partial charge < -0.3 is 0 Å². The molecule has 1 aliphatic carbocycles. The maximum atomic E-state index is 2.40. The van der Waals surface area contributed by atoms with E-state index in [1.54, 1.807) is 5.20 Å². The molecule has 3 aromatic rings. The molecule has 27 heavy (non-hydrogen) atoms. The smallest absolute Gasteiger partial charge is 0.0694 e. The summed E-state index contributed by atoms with van der Waals surface area (Å²) in [5.41, 5.74) is 4.39. The van der Waals surface area contributed by atoms with E-state index in [0.29, 0.717) is 0 Å². The molecule has 1 aliphatic rings. The molecule has 0 aromatic heterocycles. The first-order valence-electron chi connectivity index (χ1n) is 9.72. The van der Waals surface area contributed by atoms with Crippen LogP contribution in [0, 0.1) is 0 Å². The van der Waals surface area contributed by atoms with Crippen molar-refractivity contribution in [1.29, 1.82) is 0 Å². The molecule has 0 saturated carbocycles. The minimum Gasteiger partial charge on any atom is -0.0694 e. The summed E-state index contributed by atoms with van der Waals surface area (Å²) >= 11 is 0. The number of rotatable bonds is 5. The summed E-state index contributed by atoms with van der Waals surface area (Å²) < 4.78 is 0. The van der Waals surface area contributed by atoms with Gasteiger partial charge in [-0.1, -0.05) is 113 Å². The van der Waals surface area contributed by atoms with E-state index in [-0.39, 0.29) is 0 Å². The SMILES string of the molecule is CC1=CC(C)=C([Si](Cc2ccccc2)(c2ccccc2)c2ccccc2)C1. The second kappa shape index (κ2) is 7.54. The van der Waals surface area contributed by atoms with Gasteiger partial charge in [0.1, 0.15) is 8.07 Å². The van der Waals surface area contributed by atoms with Crippen molar-refractivity contribution in [2.75, 3.05) is 0 Å². The van der Waals surface area contributed by atoms with Crippen LogP contribution in [0.3, 0.4) is 0 Å². The molecule has 0 heterocycles. The Labute approximate surface area is 163 Å². The van der Waals surface area contributed by atoms with Crippen LogP contribution in [-0.4, -0.2) is 8.07 Å². The molecule has 0 fully saturated rings. The van der Waals surface area contributed by atoms with Gasteiger partial charge in [0.05, 0.1) is 0 Å². The Hall–Kier alpha value is -2.64. The summed E-state index contributed by atoms with van der Waals surface area (Å²) in [5.74, 6) is 0. The highest BCUT2D eigenvalue weighted by Gasteiger charge is 2.42. The third kappa shape index (κ3) is 3.35. The molecular formula is C26H26Si. The molecule has 3 aromatic carbocycles. The number of hydrogen-bond acceptors (Lipinski definition) is 0. The van der Waals surface area contributed by atoms with Gasteiger partial charge in [0.25, 0.3) is 0 Å². The predicted molar refractivity (Wildman–Crippen MR) is 119 cm³/mol. The first kappa shape index (κ1) is 17.8. The Morgan fingerprint density at radius 1 is 0.667 bits per heavy atom. The zero-order valence-electron chi connectivity index (χ0n) is 16.2. The summed E-state index contributed by atoms with van der Waals surface area (Å²) in [4.78, 5) is 0. The number of hydrogen-bond donors (Lipinski definition) is 0. The lowest BCUT2D eigenvalue weighted by Gasteiger charge is -2.36. The van der Waals surface area contributed by atoms with Crippen LogP contribution >= 0.6 is 0 Å². The average molecular weight is 367 g/mol. The first-order chi connectivity index (χ1) is 13.2. The van der Waals surface area contributed by atoms with Gasteiger partial charge in [-0.3, -0.25) is 0 Å². The van der Waals surface area contributed by atoms with E-state index in [1.807, 2.05) is 0 Å². The highest BCUT2D eigenvalue weighted by molar-refractivity contribution is 7.07. The second-order valence-corrected chi connectivity index (χ2v) is 11.6. The minimum absolute atomic E-state index is 1.11. The molecule has 134 valence electrons. The van der Waals surface area contributed by atoms with E-state index < -0.39 is 8.07 Å². The van der Waals surface area contributed by atoms with Gasteiger partial charge in [-0.05, 0) is 42.2 Å². The maximum absolute atomic E-state index is 2.40. The summed E-state index contributed by atoms with van der Waals surface area (Å²) in [6.07, 6.45) is 3.50. The second-order valence-electron chi connectivity index (χ2n) is 7.63. The number of benzene rings is 3. The summed E-state index contributed by atoms with van der Waals surface area (Å²) in [5, 5.41) is 4.69. The van der Waals surface area contributed by atoms with Crippen LogP contribution in [0.4, 0.5) is 0 Å². The zero-order chi connectivity index (χ0) is 18.7. The Morgan fingerprint density at radius 3 is 1.59 bits per heavy atom. The fourth-order valence-corrected chi connectivity index (χ4v) is 9.94. The zero-order valence-corrected chi connectivity index (χ0v) is 17.2. The fraction of sp³-hybridized carbons (Fsp3) is 0.154. The lowest BCUT2D eigenvalue weighted by atomic mass is 10.2. The molecule has 0 spiro atoms. The summed E-state index contributed by atoms with van der Waals surface area (Å²) in [6, 6.07) is 34.7. The average Bonchev–Trinajstić information content (AvgIpc) is 3.06. The highest BCUT2D eigenvalue weighted by atomic mass is 28.3. The largest absolute Gasteiger partial charge is 0.149 e. The van der Waals surface area contributed by atoms with Gasteiger partial charge in [0, 0.05) is 0 Å². The molecular weight excluding hydrogens is 340 g/mol. The van der Waals surface area contributed by atoms with Gasteiger partial charge in [-0.2, -0.15) is 0 Å². The van der Waals surface area contributed by atoms with Gasteiger partial charge in [-0.25, -0.2) is 0 Å². The molecule has 0 N–H and O–H groups in total. The molecule has 0 radical (unpaired) electrons. The molecule has 0 unspecified atom stereocenters. The third-order valence-corrected chi connectivity index (χ3v) is 10.9. The van der Waals surface area contributed by atoms with Crippen molar-refractivity contribution < 1.29 is 0 Å². The molecule has 0 nitrogen and oxygen atoms in total. The highest BCUT2D eigenvalue weighted by Crippen LogP contribution is 2.34. The molecule has 0 aliphatic heterocycles. The predicted octanol–water partition coefficient (Wildman–Crippen LogP) is 5.24. The molecule has 1 heteroatoms. The molecule has 0 atom stereocenters.